The maximum Gasteiger partial charge on any atom is 0.227 e. The smallest absolute Gasteiger partial charge is 0.227 e. The van der Waals surface area contributed by atoms with Crippen molar-refractivity contribution in [2.45, 2.75) is 52.2 Å². The van der Waals surface area contributed by atoms with E-state index in [-0.39, 0.29) is 6.10 Å². The Morgan fingerprint density at radius 3 is 2.34 bits per heavy atom. The van der Waals surface area contributed by atoms with Gasteiger partial charge in [-0.2, -0.15) is 5.10 Å². The maximum absolute atomic E-state index is 10.6. The van der Waals surface area contributed by atoms with Gasteiger partial charge in [-0.25, -0.2) is 4.68 Å². The van der Waals surface area contributed by atoms with Crippen LogP contribution >= 0.6 is 0 Å². The Morgan fingerprint density at radius 1 is 1.00 bits per heavy atom. The van der Waals surface area contributed by atoms with Crippen LogP contribution in [-0.2, 0) is 17.7 Å². The minimum absolute atomic E-state index is 0.382. The van der Waals surface area contributed by atoms with Gasteiger partial charge < -0.3 is 19.3 Å². The number of rotatable bonds is 15. The summed E-state index contributed by atoms with van der Waals surface area (Å²) in [4.78, 5) is 2.23. The third-order valence-electron chi connectivity index (χ3n) is 5.98. The number of methoxy groups -OCH3 is 2. The van der Waals surface area contributed by atoms with Gasteiger partial charge in [-0.3, -0.25) is 4.90 Å². The van der Waals surface area contributed by atoms with E-state index in [1.165, 1.54) is 0 Å². The highest BCUT2D eigenvalue weighted by molar-refractivity contribution is 5.44. The second-order valence-corrected chi connectivity index (χ2v) is 8.63. The largest absolute Gasteiger partial charge is 0.497 e. The number of benzene rings is 2. The average Bonchev–Trinajstić information content (AvgIpc) is 3.23. The highest BCUT2D eigenvalue weighted by Crippen LogP contribution is 2.33. The van der Waals surface area contributed by atoms with Crippen LogP contribution in [-0.4, -0.2) is 59.8 Å². The first-order valence-corrected chi connectivity index (χ1v) is 12.5. The van der Waals surface area contributed by atoms with Gasteiger partial charge in [-0.05, 0) is 49.2 Å². The lowest BCUT2D eigenvalue weighted by atomic mass is 10.1. The number of aliphatic hydroxyl groups excluding tert-OH is 1. The van der Waals surface area contributed by atoms with Crippen molar-refractivity contribution in [2.24, 2.45) is 0 Å². The molecule has 7 nitrogen and oxygen atoms in total. The summed E-state index contributed by atoms with van der Waals surface area (Å²) in [5.74, 6) is 2.16. The Morgan fingerprint density at radius 2 is 1.71 bits per heavy atom. The highest BCUT2D eigenvalue weighted by atomic mass is 16.5. The van der Waals surface area contributed by atoms with E-state index in [9.17, 15) is 5.11 Å². The van der Waals surface area contributed by atoms with Gasteiger partial charge in [-0.1, -0.05) is 44.9 Å². The number of unbranched alkanes of at least 4 members (excludes halogenated alkanes) is 1. The number of hydrogen-bond acceptors (Lipinski definition) is 6. The van der Waals surface area contributed by atoms with Crippen molar-refractivity contribution in [3.05, 3.63) is 65.9 Å². The predicted molar refractivity (Wildman–Crippen MR) is 139 cm³/mol. The summed E-state index contributed by atoms with van der Waals surface area (Å²) in [5.41, 5.74) is 2.93. The summed E-state index contributed by atoms with van der Waals surface area (Å²) >= 11 is 0. The molecule has 2 aromatic carbocycles. The fourth-order valence-electron chi connectivity index (χ4n) is 4.03. The zero-order chi connectivity index (χ0) is 25.0. The molecule has 3 rings (SSSR count). The van der Waals surface area contributed by atoms with Crippen LogP contribution in [0.25, 0.3) is 5.69 Å². The molecule has 1 heterocycles. The van der Waals surface area contributed by atoms with E-state index in [1.54, 1.807) is 14.2 Å². The number of para-hydroxylation sites is 1. The molecular formula is C28H39N3O4. The van der Waals surface area contributed by atoms with Gasteiger partial charge in [-0.15, -0.1) is 0 Å². The van der Waals surface area contributed by atoms with E-state index in [0.717, 1.165) is 48.4 Å². The molecular weight excluding hydrogens is 442 g/mol. The van der Waals surface area contributed by atoms with Crippen LogP contribution in [0.4, 0.5) is 0 Å². The number of ether oxygens (including phenoxy) is 3. The van der Waals surface area contributed by atoms with Crippen LogP contribution in [0.3, 0.4) is 0 Å². The molecule has 0 fully saturated rings. The SMILES string of the molecule is CCCCC(O)CN(CCOC)Cc1c(CC)nn(-c2ccccc2)c1Oc1ccc(OC)cc1. The van der Waals surface area contributed by atoms with Crippen molar-refractivity contribution < 1.29 is 19.3 Å². The molecule has 1 atom stereocenters. The van der Waals surface area contributed by atoms with Gasteiger partial charge in [0, 0.05) is 26.7 Å². The molecule has 0 spiro atoms. The number of aromatic nitrogens is 2. The quantitative estimate of drug-likeness (QED) is 0.320. The lowest BCUT2D eigenvalue weighted by Crippen LogP contribution is -2.34. The molecule has 0 saturated carbocycles. The zero-order valence-corrected chi connectivity index (χ0v) is 21.4. The standard InChI is InChI=1S/C28H39N3O4/c1-5-7-13-23(32)20-30(18-19-33-3)21-26-27(6-2)29-31(22-11-9-8-10-12-22)28(26)35-25-16-14-24(34-4)15-17-25/h8-12,14-17,23,32H,5-7,13,18-21H2,1-4H3. The summed E-state index contributed by atoms with van der Waals surface area (Å²) in [5, 5.41) is 15.6. The number of nitrogens with zero attached hydrogens (tertiary/aromatic N) is 3. The molecule has 7 heteroatoms. The van der Waals surface area contributed by atoms with Crippen LogP contribution in [0.1, 0.15) is 44.4 Å². The maximum atomic E-state index is 10.6. The van der Waals surface area contributed by atoms with Crippen LogP contribution in [0.2, 0.25) is 0 Å². The molecule has 1 unspecified atom stereocenters. The van der Waals surface area contributed by atoms with Crippen molar-refractivity contribution in [2.75, 3.05) is 33.9 Å². The Hall–Kier alpha value is -2.87. The molecule has 0 amide bonds. The second-order valence-electron chi connectivity index (χ2n) is 8.63. The molecule has 190 valence electrons. The first-order chi connectivity index (χ1) is 17.1. The lowest BCUT2D eigenvalue weighted by molar-refractivity contribution is 0.0786. The zero-order valence-electron chi connectivity index (χ0n) is 21.4. The van der Waals surface area contributed by atoms with Gasteiger partial charge in [0.25, 0.3) is 0 Å². The van der Waals surface area contributed by atoms with E-state index in [1.807, 2.05) is 59.3 Å². The first kappa shape index (κ1) is 26.7. The Labute approximate surface area is 209 Å². The van der Waals surface area contributed by atoms with Gasteiger partial charge in [0.15, 0.2) is 0 Å². The highest BCUT2D eigenvalue weighted by Gasteiger charge is 2.23. The molecule has 0 bridgehead atoms. The van der Waals surface area contributed by atoms with Crippen LogP contribution in [0.5, 0.6) is 17.4 Å². The lowest BCUT2D eigenvalue weighted by Gasteiger charge is -2.25. The third-order valence-corrected chi connectivity index (χ3v) is 5.98. The normalized spacial score (nSPS) is 12.2. The van der Waals surface area contributed by atoms with Crippen molar-refractivity contribution in [3.63, 3.8) is 0 Å². The summed E-state index contributed by atoms with van der Waals surface area (Å²) in [6.07, 6.45) is 3.26. The third kappa shape index (κ3) is 7.56. The summed E-state index contributed by atoms with van der Waals surface area (Å²) in [7, 11) is 3.35. The van der Waals surface area contributed by atoms with Crippen LogP contribution in [0, 0.1) is 0 Å². The molecule has 1 aromatic heterocycles. The Balaban J connectivity index is 1.98. The molecule has 0 aliphatic heterocycles. The minimum Gasteiger partial charge on any atom is -0.497 e. The topological polar surface area (TPSA) is 69.0 Å². The van der Waals surface area contributed by atoms with E-state index in [0.29, 0.717) is 37.9 Å². The van der Waals surface area contributed by atoms with Gasteiger partial charge in [0.2, 0.25) is 5.88 Å². The summed E-state index contributed by atoms with van der Waals surface area (Å²) < 4.78 is 19.0. The van der Waals surface area contributed by atoms with E-state index < -0.39 is 0 Å². The second kappa shape index (κ2) is 13.9. The van der Waals surface area contributed by atoms with Gasteiger partial charge in [0.05, 0.1) is 36.8 Å². The molecule has 0 aliphatic carbocycles. The van der Waals surface area contributed by atoms with Crippen LogP contribution < -0.4 is 9.47 Å². The Kier molecular flexibility index (Phi) is 10.6. The van der Waals surface area contributed by atoms with E-state index in [4.69, 9.17) is 19.3 Å². The molecule has 0 radical (unpaired) electrons. The molecule has 1 N–H and O–H groups in total. The van der Waals surface area contributed by atoms with Crippen molar-refractivity contribution in [3.8, 4) is 23.1 Å². The average molecular weight is 482 g/mol. The predicted octanol–water partition coefficient (Wildman–Crippen LogP) is 5.24. The van der Waals surface area contributed by atoms with E-state index >= 15 is 0 Å². The van der Waals surface area contributed by atoms with Crippen molar-refractivity contribution in [1.29, 1.82) is 0 Å². The van der Waals surface area contributed by atoms with Crippen molar-refractivity contribution >= 4 is 0 Å². The summed E-state index contributed by atoms with van der Waals surface area (Å²) in [6, 6.07) is 17.6. The van der Waals surface area contributed by atoms with Crippen LogP contribution in [0.15, 0.2) is 54.6 Å². The first-order valence-electron chi connectivity index (χ1n) is 12.5. The van der Waals surface area contributed by atoms with Gasteiger partial charge in [0.1, 0.15) is 11.5 Å². The fourth-order valence-corrected chi connectivity index (χ4v) is 4.03. The molecule has 0 aliphatic rings. The number of hydrogen-bond donors (Lipinski definition) is 1. The van der Waals surface area contributed by atoms with Crippen molar-refractivity contribution in [1.82, 2.24) is 14.7 Å². The molecule has 3 aromatic rings. The fraction of sp³-hybridized carbons (Fsp3) is 0.464. The number of aliphatic hydroxyl groups is 1. The van der Waals surface area contributed by atoms with Gasteiger partial charge >= 0.3 is 0 Å². The minimum atomic E-state index is -0.382. The summed E-state index contributed by atoms with van der Waals surface area (Å²) in [6.45, 7) is 6.72. The molecule has 35 heavy (non-hydrogen) atoms. The van der Waals surface area contributed by atoms with E-state index in [2.05, 4.69) is 18.7 Å². The monoisotopic (exact) mass is 481 g/mol. The molecule has 0 saturated heterocycles. The Bertz CT molecular complexity index is 1010. The number of aryl methyl sites for hydroxylation is 1.